The van der Waals surface area contributed by atoms with E-state index < -0.39 is 11.2 Å². The molecule has 1 atom stereocenters. The van der Waals surface area contributed by atoms with Gasteiger partial charge < -0.3 is 5.73 Å². The number of carbonyl (C=O) groups is 2. The van der Waals surface area contributed by atoms with Crippen molar-refractivity contribution in [2.75, 3.05) is 4.90 Å². The first-order valence-electron chi connectivity index (χ1n) is 7.95. The number of halogens is 3. The van der Waals surface area contributed by atoms with Gasteiger partial charge in [0.2, 0.25) is 11.8 Å². The lowest BCUT2D eigenvalue weighted by atomic mass is 10.2. The Bertz CT molecular complexity index is 979. The SMILES string of the molecule is NC(=N/N=C\c1ccc(Cl)cc1)S[C@H]1CC(=O)N(c2cc(Cl)ccc2Cl)C1=O. The van der Waals surface area contributed by atoms with Crippen molar-refractivity contribution in [3.05, 3.63) is 63.1 Å². The zero-order valence-electron chi connectivity index (χ0n) is 14.2. The minimum atomic E-state index is -0.711. The van der Waals surface area contributed by atoms with Crippen molar-refractivity contribution in [1.29, 1.82) is 0 Å². The maximum absolute atomic E-state index is 12.7. The number of carbonyl (C=O) groups excluding carboxylic acids is 2. The molecule has 144 valence electrons. The van der Waals surface area contributed by atoms with Gasteiger partial charge in [0.25, 0.3) is 0 Å². The van der Waals surface area contributed by atoms with Gasteiger partial charge in [-0.05, 0) is 35.9 Å². The molecule has 1 aliphatic heterocycles. The van der Waals surface area contributed by atoms with E-state index in [1.54, 1.807) is 30.3 Å². The second-order valence-corrected chi connectivity index (χ2v) is 8.21. The normalized spacial score (nSPS) is 17.8. The molecule has 6 nitrogen and oxygen atoms in total. The van der Waals surface area contributed by atoms with Gasteiger partial charge in [-0.25, -0.2) is 4.90 Å². The topological polar surface area (TPSA) is 88.1 Å². The molecule has 3 rings (SSSR count). The zero-order valence-corrected chi connectivity index (χ0v) is 17.3. The molecule has 1 saturated heterocycles. The fraction of sp³-hybridized carbons (Fsp3) is 0.111. The lowest BCUT2D eigenvalue weighted by molar-refractivity contribution is -0.121. The van der Waals surface area contributed by atoms with Crippen LogP contribution >= 0.6 is 46.6 Å². The summed E-state index contributed by atoms with van der Waals surface area (Å²) in [6, 6.07) is 11.6. The van der Waals surface area contributed by atoms with Crippen LogP contribution in [0.4, 0.5) is 5.69 Å². The first kappa shape index (κ1) is 20.7. The van der Waals surface area contributed by atoms with Gasteiger partial charge >= 0.3 is 0 Å². The largest absolute Gasteiger partial charge is 0.377 e. The first-order chi connectivity index (χ1) is 13.3. The van der Waals surface area contributed by atoms with Crippen molar-refractivity contribution in [2.24, 2.45) is 15.9 Å². The van der Waals surface area contributed by atoms with Crippen LogP contribution in [0.1, 0.15) is 12.0 Å². The average Bonchev–Trinajstić information content (AvgIpc) is 2.92. The molecule has 0 saturated carbocycles. The highest BCUT2D eigenvalue weighted by molar-refractivity contribution is 8.14. The molecular formula is C18H13Cl3N4O2S. The Kier molecular flexibility index (Phi) is 6.61. The van der Waals surface area contributed by atoms with Crippen LogP contribution in [0.25, 0.3) is 0 Å². The van der Waals surface area contributed by atoms with Crippen molar-refractivity contribution < 1.29 is 9.59 Å². The summed E-state index contributed by atoms with van der Waals surface area (Å²) in [5.41, 5.74) is 6.88. The van der Waals surface area contributed by atoms with Gasteiger partial charge in [0.15, 0.2) is 5.17 Å². The number of nitrogens with two attached hydrogens (primary N) is 1. The summed E-state index contributed by atoms with van der Waals surface area (Å²) < 4.78 is 0. The summed E-state index contributed by atoms with van der Waals surface area (Å²) >= 11 is 18.8. The fourth-order valence-corrected chi connectivity index (χ4v) is 3.79. The monoisotopic (exact) mass is 454 g/mol. The molecule has 1 aliphatic rings. The second kappa shape index (κ2) is 8.96. The molecule has 0 bridgehead atoms. The predicted octanol–water partition coefficient (Wildman–Crippen LogP) is 4.36. The Hall–Kier alpha value is -2.06. The van der Waals surface area contributed by atoms with Gasteiger partial charge in [0.1, 0.15) is 5.25 Å². The molecule has 0 radical (unpaired) electrons. The van der Waals surface area contributed by atoms with Gasteiger partial charge in [-0.2, -0.15) is 5.10 Å². The molecule has 0 aromatic heterocycles. The lowest BCUT2D eigenvalue weighted by Crippen LogP contribution is -2.32. The Labute approximate surface area is 180 Å². The van der Waals surface area contributed by atoms with Crippen LogP contribution in [0.5, 0.6) is 0 Å². The number of hydrogen-bond acceptors (Lipinski definition) is 5. The van der Waals surface area contributed by atoms with E-state index in [2.05, 4.69) is 10.2 Å². The fourth-order valence-electron chi connectivity index (χ4n) is 2.48. The number of hydrogen-bond donors (Lipinski definition) is 1. The van der Waals surface area contributed by atoms with E-state index in [4.69, 9.17) is 40.5 Å². The highest BCUT2D eigenvalue weighted by atomic mass is 35.5. The highest BCUT2D eigenvalue weighted by Gasteiger charge is 2.41. The summed E-state index contributed by atoms with van der Waals surface area (Å²) in [7, 11) is 0. The summed E-state index contributed by atoms with van der Waals surface area (Å²) in [6.07, 6.45) is 1.48. The van der Waals surface area contributed by atoms with Crippen LogP contribution in [0, 0.1) is 0 Å². The van der Waals surface area contributed by atoms with Gasteiger partial charge in [0.05, 0.1) is 16.9 Å². The number of amidine groups is 1. The molecule has 2 N–H and O–H groups in total. The molecular weight excluding hydrogens is 443 g/mol. The van der Waals surface area contributed by atoms with Crippen LogP contribution in [0.15, 0.2) is 52.7 Å². The van der Waals surface area contributed by atoms with E-state index in [0.717, 1.165) is 22.2 Å². The van der Waals surface area contributed by atoms with Crippen LogP contribution in [-0.4, -0.2) is 28.4 Å². The maximum atomic E-state index is 12.7. The van der Waals surface area contributed by atoms with Crippen molar-refractivity contribution in [3.63, 3.8) is 0 Å². The number of imide groups is 1. The number of thioether (sulfide) groups is 1. The quantitative estimate of drug-likeness (QED) is 0.321. The third-order valence-corrected chi connectivity index (χ3v) is 5.53. The van der Waals surface area contributed by atoms with E-state index in [1.165, 1.54) is 18.3 Å². The molecule has 28 heavy (non-hydrogen) atoms. The van der Waals surface area contributed by atoms with Gasteiger partial charge in [-0.3, -0.25) is 9.59 Å². The maximum Gasteiger partial charge on any atom is 0.247 e. The zero-order chi connectivity index (χ0) is 20.3. The third kappa shape index (κ3) is 4.86. The number of anilines is 1. The van der Waals surface area contributed by atoms with Crippen LogP contribution in [0.3, 0.4) is 0 Å². The van der Waals surface area contributed by atoms with Crippen LogP contribution < -0.4 is 10.6 Å². The Balaban J connectivity index is 1.69. The number of benzene rings is 2. The lowest BCUT2D eigenvalue weighted by Gasteiger charge is -2.16. The Morgan fingerprint density at radius 1 is 1.11 bits per heavy atom. The van der Waals surface area contributed by atoms with Crippen LogP contribution in [0.2, 0.25) is 15.1 Å². The van der Waals surface area contributed by atoms with Crippen molar-refractivity contribution >= 4 is 75.4 Å². The summed E-state index contributed by atoms with van der Waals surface area (Å²) in [5, 5.41) is 8.34. The average molecular weight is 456 g/mol. The summed E-state index contributed by atoms with van der Waals surface area (Å²) in [5.74, 6) is -0.817. The molecule has 0 unspecified atom stereocenters. The Morgan fingerprint density at radius 2 is 1.79 bits per heavy atom. The number of rotatable bonds is 4. The molecule has 2 amide bonds. The summed E-state index contributed by atoms with van der Waals surface area (Å²) in [6.45, 7) is 0. The van der Waals surface area contributed by atoms with E-state index in [-0.39, 0.29) is 28.2 Å². The Morgan fingerprint density at radius 3 is 2.50 bits per heavy atom. The van der Waals surface area contributed by atoms with Crippen molar-refractivity contribution in [1.82, 2.24) is 0 Å². The van der Waals surface area contributed by atoms with Crippen LogP contribution in [-0.2, 0) is 9.59 Å². The first-order valence-corrected chi connectivity index (χ1v) is 9.97. The van der Waals surface area contributed by atoms with Crippen molar-refractivity contribution in [2.45, 2.75) is 11.7 Å². The van der Waals surface area contributed by atoms with Gasteiger partial charge in [0, 0.05) is 16.5 Å². The minimum absolute atomic E-state index is 0.0243. The molecule has 1 fully saturated rings. The molecule has 2 aromatic rings. The molecule has 0 spiro atoms. The molecule has 1 heterocycles. The van der Waals surface area contributed by atoms with Gasteiger partial charge in [-0.15, -0.1) is 5.10 Å². The summed E-state index contributed by atoms with van der Waals surface area (Å²) in [4.78, 5) is 26.0. The van der Waals surface area contributed by atoms with E-state index in [9.17, 15) is 9.59 Å². The van der Waals surface area contributed by atoms with E-state index in [0.29, 0.717) is 10.0 Å². The third-order valence-electron chi connectivity index (χ3n) is 3.75. The smallest absolute Gasteiger partial charge is 0.247 e. The highest BCUT2D eigenvalue weighted by Crippen LogP contribution is 2.35. The van der Waals surface area contributed by atoms with Gasteiger partial charge in [-0.1, -0.05) is 58.7 Å². The second-order valence-electron chi connectivity index (χ2n) is 5.71. The predicted molar refractivity (Wildman–Crippen MR) is 116 cm³/mol. The standard InChI is InChI=1S/C18H13Cl3N4O2S/c19-11-3-1-10(2-4-11)9-23-24-18(22)28-15-8-16(26)25(17(15)27)14-7-12(20)5-6-13(14)21/h1-7,9,15H,8H2,(H2,22,24)/b23-9-/t15-/m0/s1. The van der Waals surface area contributed by atoms with Crippen molar-refractivity contribution in [3.8, 4) is 0 Å². The molecule has 2 aromatic carbocycles. The number of amides is 2. The molecule has 0 aliphatic carbocycles. The van der Waals surface area contributed by atoms with E-state index in [1.807, 2.05) is 0 Å². The van der Waals surface area contributed by atoms with E-state index >= 15 is 0 Å². The minimum Gasteiger partial charge on any atom is -0.377 e. The molecule has 10 heteroatoms. The number of nitrogens with zero attached hydrogens (tertiary/aromatic N) is 3.